The third-order valence-corrected chi connectivity index (χ3v) is 10.0. The van der Waals surface area contributed by atoms with Gasteiger partial charge in [0.15, 0.2) is 0 Å². The van der Waals surface area contributed by atoms with Crippen molar-refractivity contribution in [2.75, 3.05) is 0 Å². The van der Waals surface area contributed by atoms with Crippen molar-refractivity contribution in [3.8, 4) is 0 Å². The number of hydrogen-bond donors (Lipinski definition) is 0. The molecule has 0 aliphatic heterocycles. The van der Waals surface area contributed by atoms with Gasteiger partial charge in [-0.2, -0.15) is 0 Å². The Morgan fingerprint density at radius 2 is 1.18 bits per heavy atom. The van der Waals surface area contributed by atoms with Gasteiger partial charge < -0.3 is 9.84 Å². The van der Waals surface area contributed by atoms with E-state index in [1.54, 1.807) is 0 Å². The summed E-state index contributed by atoms with van der Waals surface area (Å²) in [6.07, 6.45) is 0. The summed E-state index contributed by atoms with van der Waals surface area (Å²) in [6.45, 7) is 19.1. The average Bonchev–Trinajstić information content (AvgIpc) is 1.70. The van der Waals surface area contributed by atoms with Crippen LogP contribution in [0.15, 0.2) is 10.8 Å². The van der Waals surface area contributed by atoms with E-state index < -0.39 is 16.1 Å². The standard InChI is InChI=1S/C12H28O2Si2.Li/c1-12(2,3)14-10(13)11(15(4,5)6)16(7,8)9;/h13H,1-9H3;/q;+1/p-1. The van der Waals surface area contributed by atoms with E-state index in [-0.39, 0.29) is 30.4 Å². The normalized spacial score (nSPS) is 12.8. The molecule has 0 N–H and O–H groups in total. The molecule has 0 aromatic rings. The molecule has 0 spiro atoms. The molecular weight excluding hydrogens is 239 g/mol. The molecule has 2 nitrogen and oxygen atoms in total. The summed E-state index contributed by atoms with van der Waals surface area (Å²) in [7, 11) is -3.16. The summed E-state index contributed by atoms with van der Waals surface area (Å²) in [5.74, 6) is -0.0502. The predicted octanol–water partition coefficient (Wildman–Crippen LogP) is 0.132. The van der Waals surface area contributed by atoms with E-state index in [1.165, 1.54) is 0 Å². The first-order valence-corrected chi connectivity index (χ1v) is 12.9. The van der Waals surface area contributed by atoms with E-state index in [4.69, 9.17) is 4.74 Å². The molecule has 0 saturated carbocycles. The van der Waals surface area contributed by atoms with Crippen LogP contribution < -0.4 is 24.0 Å². The second-order valence-electron chi connectivity index (χ2n) is 7.38. The van der Waals surface area contributed by atoms with Gasteiger partial charge in [0.05, 0.1) is 16.1 Å². The fourth-order valence-corrected chi connectivity index (χ4v) is 12.4. The Labute approximate surface area is 121 Å². The molecule has 0 bridgehead atoms. The molecule has 96 valence electrons. The summed E-state index contributed by atoms with van der Waals surface area (Å²) in [6, 6.07) is 0. The Bertz CT molecular complexity index is 264. The molecule has 0 atom stereocenters. The second-order valence-corrected chi connectivity index (χ2v) is 17.9. The third kappa shape index (κ3) is 7.40. The molecule has 17 heavy (non-hydrogen) atoms. The first-order chi connectivity index (χ1) is 6.75. The van der Waals surface area contributed by atoms with Gasteiger partial charge in [-0.25, -0.2) is 0 Å². The zero-order valence-corrected chi connectivity index (χ0v) is 15.3. The molecular formula is C12H27LiO2Si2. The zero-order chi connectivity index (χ0) is 13.4. The Morgan fingerprint density at radius 1 is 0.882 bits per heavy atom. The molecule has 0 fully saturated rings. The first kappa shape index (κ1) is 19.7. The zero-order valence-electron chi connectivity index (χ0n) is 13.3. The van der Waals surface area contributed by atoms with Crippen LogP contribution in [0.25, 0.3) is 0 Å². The molecule has 0 amide bonds. The van der Waals surface area contributed by atoms with Gasteiger partial charge >= 0.3 is 18.9 Å². The van der Waals surface area contributed by atoms with Crippen LogP contribution >= 0.6 is 0 Å². The number of ether oxygens (including phenoxy) is 1. The van der Waals surface area contributed by atoms with E-state index >= 15 is 0 Å². The van der Waals surface area contributed by atoms with E-state index in [0.29, 0.717) is 0 Å². The van der Waals surface area contributed by atoms with Gasteiger partial charge in [0.1, 0.15) is 0 Å². The maximum absolute atomic E-state index is 12.3. The van der Waals surface area contributed by atoms with Crippen molar-refractivity contribution in [2.45, 2.75) is 65.7 Å². The summed E-state index contributed by atoms with van der Waals surface area (Å²) >= 11 is 0. The van der Waals surface area contributed by atoms with Crippen LogP contribution in [-0.4, -0.2) is 21.7 Å². The van der Waals surface area contributed by atoms with E-state index in [0.717, 1.165) is 4.82 Å². The molecule has 0 radical (unpaired) electrons. The van der Waals surface area contributed by atoms with E-state index in [2.05, 4.69) is 39.3 Å². The Kier molecular flexibility index (Phi) is 6.97. The van der Waals surface area contributed by atoms with Crippen molar-refractivity contribution in [1.82, 2.24) is 0 Å². The Morgan fingerprint density at radius 3 is 1.35 bits per heavy atom. The van der Waals surface area contributed by atoms with Crippen molar-refractivity contribution in [1.29, 1.82) is 0 Å². The van der Waals surface area contributed by atoms with Crippen LogP contribution in [0.5, 0.6) is 0 Å². The van der Waals surface area contributed by atoms with Gasteiger partial charge in [-0.15, -0.1) is 0 Å². The van der Waals surface area contributed by atoms with Crippen molar-refractivity contribution in [2.24, 2.45) is 0 Å². The molecule has 0 aromatic carbocycles. The van der Waals surface area contributed by atoms with Gasteiger partial charge in [-0.3, -0.25) is 0 Å². The quantitative estimate of drug-likeness (QED) is 0.537. The third-order valence-electron chi connectivity index (χ3n) is 2.10. The van der Waals surface area contributed by atoms with Gasteiger partial charge in [-0.1, -0.05) is 64.9 Å². The van der Waals surface area contributed by atoms with Gasteiger partial charge in [0.2, 0.25) is 0 Å². The number of rotatable bonds is 3. The predicted molar refractivity (Wildman–Crippen MR) is 74.6 cm³/mol. The van der Waals surface area contributed by atoms with Crippen LogP contribution in [0, 0.1) is 0 Å². The summed E-state index contributed by atoms with van der Waals surface area (Å²) in [5.41, 5.74) is -0.387. The summed E-state index contributed by atoms with van der Waals surface area (Å²) in [4.78, 5) is 1.12. The SMILES string of the molecule is CC(C)(C)OC([O-])=C([Si](C)(C)C)[Si](C)(C)C.[Li+]. The maximum Gasteiger partial charge on any atom is 1.00 e. The van der Waals surface area contributed by atoms with Crippen molar-refractivity contribution in [3.63, 3.8) is 0 Å². The van der Waals surface area contributed by atoms with Crippen molar-refractivity contribution in [3.05, 3.63) is 10.8 Å². The first-order valence-electron chi connectivity index (χ1n) is 5.86. The smallest absolute Gasteiger partial charge is 0.608 e. The number of hydrogen-bond acceptors (Lipinski definition) is 2. The topological polar surface area (TPSA) is 32.3 Å². The van der Waals surface area contributed by atoms with Gasteiger partial charge in [-0.05, 0) is 0 Å². The van der Waals surface area contributed by atoms with Crippen LogP contribution in [0.4, 0.5) is 0 Å². The fourth-order valence-electron chi connectivity index (χ4n) is 2.07. The van der Waals surface area contributed by atoms with Crippen molar-refractivity contribution >= 4 is 16.1 Å². The second kappa shape index (κ2) is 6.01. The molecule has 5 heteroatoms. The van der Waals surface area contributed by atoms with E-state index in [1.807, 2.05) is 20.8 Å². The molecule has 0 aromatic heterocycles. The van der Waals surface area contributed by atoms with Crippen molar-refractivity contribution < 1.29 is 28.7 Å². The molecule has 0 heterocycles. The molecule has 0 rings (SSSR count). The molecule has 0 saturated heterocycles. The average molecular weight is 266 g/mol. The summed E-state index contributed by atoms with van der Waals surface area (Å²) < 4.78 is 5.55. The monoisotopic (exact) mass is 266 g/mol. The molecule has 0 aliphatic carbocycles. The van der Waals surface area contributed by atoms with Crippen LogP contribution in [0.1, 0.15) is 20.8 Å². The van der Waals surface area contributed by atoms with E-state index in [9.17, 15) is 5.11 Å². The fraction of sp³-hybridized carbons (Fsp3) is 0.833. The van der Waals surface area contributed by atoms with Gasteiger partial charge in [0.25, 0.3) is 0 Å². The Hall–Kier alpha value is 0.371. The minimum atomic E-state index is -1.58. The minimum absolute atomic E-state index is 0. The minimum Gasteiger partial charge on any atom is -0.608 e. The van der Waals surface area contributed by atoms with Crippen LogP contribution in [0.3, 0.4) is 0 Å². The van der Waals surface area contributed by atoms with Crippen LogP contribution in [-0.2, 0) is 4.74 Å². The maximum atomic E-state index is 12.3. The molecule has 0 aliphatic rings. The van der Waals surface area contributed by atoms with Gasteiger partial charge in [0, 0.05) is 11.5 Å². The summed E-state index contributed by atoms with van der Waals surface area (Å²) in [5, 5.41) is 12.3. The molecule has 0 unspecified atom stereocenters. The Balaban J connectivity index is 0. The largest absolute Gasteiger partial charge is 1.00 e. The van der Waals surface area contributed by atoms with Crippen LogP contribution in [0.2, 0.25) is 39.3 Å².